The van der Waals surface area contributed by atoms with Crippen molar-refractivity contribution in [1.82, 2.24) is 4.98 Å². The minimum absolute atomic E-state index is 0.312. The number of thiazole rings is 1. The van der Waals surface area contributed by atoms with Gasteiger partial charge in [0.05, 0.1) is 21.9 Å². The molecule has 0 amide bonds. The first kappa shape index (κ1) is 16.8. The van der Waals surface area contributed by atoms with E-state index in [1.165, 1.54) is 11.8 Å². The Kier molecular flexibility index (Phi) is 4.66. The molecule has 1 aliphatic heterocycles. The van der Waals surface area contributed by atoms with Crippen molar-refractivity contribution in [3.05, 3.63) is 48.5 Å². The second-order valence-corrected chi connectivity index (χ2v) is 8.01. The number of aliphatic hydroxyl groups excluding tert-OH is 3. The van der Waals surface area contributed by atoms with Gasteiger partial charge in [-0.05, 0) is 24.3 Å². The standard InChI is InChI=1S/C18H17NO4S2/c20-12-9-24-18(16(22)15(12)21)23-13-7-3-1-5-10(13)17-19-11-6-2-4-8-14(11)25-17/h1-8,12,15-16,18,20-22H,9H2/t12-,15+,16-,18+/m1/s1. The van der Waals surface area contributed by atoms with Crippen LogP contribution in [-0.2, 0) is 0 Å². The third-order valence-corrected chi connectivity index (χ3v) is 6.42. The first-order valence-corrected chi connectivity index (χ1v) is 9.77. The molecule has 0 unspecified atom stereocenters. The molecular weight excluding hydrogens is 358 g/mol. The van der Waals surface area contributed by atoms with Gasteiger partial charge in [-0.3, -0.25) is 0 Å². The van der Waals surface area contributed by atoms with Crippen molar-refractivity contribution >= 4 is 33.3 Å². The Morgan fingerprint density at radius 2 is 1.72 bits per heavy atom. The first-order valence-electron chi connectivity index (χ1n) is 7.91. The highest BCUT2D eigenvalue weighted by atomic mass is 32.2. The van der Waals surface area contributed by atoms with Gasteiger partial charge in [0, 0.05) is 5.75 Å². The second-order valence-electron chi connectivity index (χ2n) is 5.85. The fourth-order valence-electron chi connectivity index (χ4n) is 2.74. The molecule has 3 aromatic rings. The number of para-hydroxylation sites is 2. The molecule has 0 aliphatic carbocycles. The molecular formula is C18H17NO4S2. The van der Waals surface area contributed by atoms with E-state index in [-0.39, 0.29) is 0 Å². The van der Waals surface area contributed by atoms with Crippen molar-refractivity contribution in [1.29, 1.82) is 0 Å². The molecule has 0 spiro atoms. The van der Waals surface area contributed by atoms with Gasteiger partial charge in [-0.1, -0.05) is 24.3 Å². The molecule has 3 N–H and O–H groups in total. The average Bonchev–Trinajstić information content (AvgIpc) is 3.06. The van der Waals surface area contributed by atoms with Gasteiger partial charge in [0.2, 0.25) is 0 Å². The van der Waals surface area contributed by atoms with Crippen molar-refractivity contribution in [2.75, 3.05) is 5.75 Å². The van der Waals surface area contributed by atoms with Crippen LogP contribution < -0.4 is 4.74 Å². The number of fused-ring (bicyclic) bond motifs is 1. The lowest BCUT2D eigenvalue weighted by Gasteiger charge is -2.34. The van der Waals surface area contributed by atoms with Crippen LogP contribution in [0.2, 0.25) is 0 Å². The number of thioether (sulfide) groups is 1. The Balaban J connectivity index is 1.65. The number of hydrogen-bond acceptors (Lipinski definition) is 7. The largest absolute Gasteiger partial charge is 0.476 e. The van der Waals surface area contributed by atoms with Crippen molar-refractivity contribution in [3.8, 4) is 16.3 Å². The van der Waals surface area contributed by atoms with Crippen molar-refractivity contribution in [2.45, 2.75) is 23.7 Å². The van der Waals surface area contributed by atoms with E-state index in [0.717, 1.165) is 20.8 Å². The average molecular weight is 375 g/mol. The molecule has 7 heteroatoms. The summed E-state index contributed by atoms with van der Waals surface area (Å²) in [5, 5.41) is 30.5. The van der Waals surface area contributed by atoms with Gasteiger partial charge in [-0.25, -0.2) is 4.98 Å². The smallest absolute Gasteiger partial charge is 0.173 e. The van der Waals surface area contributed by atoms with Crippen LogP contribution in [0, 0.1) is 0 Å². The summed E-state index contributed by atoms with van der Waals surface area (Å²) in [7, 11) is 0. The van der Waals surface area contributed by atoms with Crippen LogP contribution in [0.25, 0.3) is 20.8 Å². The fraction of sp³-hybridized carbons (Fsp3) is 0.278. The summed E-state index contributed by atoms with van der Waals surface area (Å²) in [5.41, 5.74) is 1.13. The van der Waals surface area contributed by atoms with Crippen molar-refractivity contribution < 1.29 is 20.1 Å². The molecule has 4 atom stereocenters. The van der Waals surface area contributed by atoms with Crippen molar-refractivity contribution in [2.24, 2.45) is 0 Å². The zero-order valence-corrected chi connectivity index (χ0v) is 14.8. The molecule has 2 heterocycles. The SMILES string of the molecule is O[C@@H]1[C@@H](O)[C@@H](Oc2ccccc2-c2nc3ccccc3s2)SC[C@H]1O. The highest BCUT2D eigenvalue weighted by Gasteiger charge is 2.38. The van der Waals surface area contributed by atoms with Crippen LogP contribution in [-0.4, -0.2) is 49.8 Å². The van der Waals surface area contributed by atoms with Crippen LogP contribution in [0.15, 0.2) is 48.5 Å². The van der Waals surface area contributed by atoms with Gasteiger partial charge in [-0.15, -0.1) is 23.1 Å². The molecule has 1 saturated heterocycles. The Bertz CT molecular complexity index is 851. The number of aliphatic hydroxyl groups is 3. The Labute approximate surface area is 152 Å². The van der Waals surface area contributed by atoms with Crippen molar-refractivity contribution in [3.63, 3.8) is 0 Å². The van der Waals surface area contributed by atoms with Gasteiger partial charge < -0.3 is 20.1 Å². The molecule has 0 saturated carbocycles. The maximum atomic E-state index is 10.2. The van der Waals surface area contributed by atoms with Crippen LogP contribution in [0.3, 0.4) is 0 Å². The summed E-state index contributed by atoms with van der Waals surface area (Å²) in [6.07, 6.45) is -3.31. The second kappa shape index (κ2) is 6.93. The Hall–Kier alpha value is -1.64. The summed E-state index contributed by atoms with van der Waals surface area (Å²) >= 11 is 2.87. The number of aromatic nitrogens is 1. The summed E-state index contributed by atoms with van der Waals surface area (Å²) in [4.78, 5) is 4.66. The number of hydrogen-bond donors (Lipinski definition) is 3. The van der Waals surface area contributed by atoms with Crippen LogP contribution in [0.4, 0.5) is 0 Å². The first-order chi connectivity index (χ1) is 12.1. The molecule has 4 rings (SSSR count). The van der Waals surface area contributed by atoms with Crippen LogP contribution >= 0.6 is 23.1 Å². The summed E-state index contributed by atoms with van der Waals surface area (Å²) in [5.74, 6) is 0.910. The minimum atomic E-state index is -1.21. The fourth-order valence-corrected chi connectivity index (χ4v) is 4.85. The lowest BCUT2D eigenvalue weighted by Crippen LogP contribution is -2.50. The molecule has 0 radical (unpaired) electrons. The minimum Gasteiger partial charge on any atom is -0.476 e. The van der Waals surface area contributed by atoms with Gasteiger partial charge in [0.25, 0.3) is 0 Å². The van der Waals surface area contributed by atoms with E-state index >= 15 is 0 Å². The predicted octanol–water partition coefficient (Wildman–Crippen LogP) is 2.50. The number of rotatable bonds is 3. The van der Waals surface area contributed by atoms with Crippen LogP contribution in [0.1, 0.15) is 0 Å². The molecule has 0 bridgehead atoms. The lowest BCUT2D eigenvalue weighted by atomic mass is 10.1. The monoisotopic (exact) mass is 375 g/mol. The Morgan fingerprint density at radius 3 is 2.56 bits per heavy atom. The molecule has 130 valence electrons. The van der Waals surface area contributed by atoms with E-state index in [1.54, 1.807) is 11.3 Å². The molecule has 1 fully saturated rings. The summed E-state index contributed by atoms with van der Waals surface area (Å²) < 4.78 is 7.07. The third-order valence-electron chi connectivity index (χ3n) is 4.11. The zero-order chi connectivity index (χ0) is 17.4. The maximum absolute atomic E-state index is 10.2. The van der Waals surface area contributed by atoms with Crippen LogP contribution in [0.5, 0.6) is 5.75 Å². The highest BCUT2D eigenvalue weighted by molar-refractivity contribution is 7.99. The Morgan fingerprint density at radius 1 is 0.960 bits per heavy atom. The van der Waals surface area contributed by atoms with E-state index in [4.69, 9.17) is 4.74 Å². The summed E-state index contributed by atoms with van der Waals surface area (Å²) in [6.45, 7) is 0. The zero-order valence-electron chi connectivity index (χ0n) is 13.1. The number of nitrogens with zero attached hydrogens (tertiary/aromatic N) is 1. The molecule has 25 heavy (non-hydrogen) atoms. The predicted molar refractivity (Wildman–Crippen MR) is 100.0 cm³/mol. The van der Waals surface area contributed by atoms with E-state index in [2.05, 4.69) is 4.98 Å². The van der Waals surface area contributed by atoms with Gasteiger partial charge >= 0.3 is 0 Å². The third kappa shape index (κ3) is 3.26. The van der Waals surface area contributed by atoms with E-state index < -0.39 is 23.7 Å². The molecule has 1 aromatic heterocycles. The quantitative estimate of drug-likeness (QED) is 0.652. The van der Waals surface area contributed by atoms with E-state index in [1.807, 2.05) is 48.5 Å². The molecule has 5 nitrogen and oxygen atoms in total. The van der Waals surface area contributed by atoms with Gasteiger partial charge in [-0.2, -0.15) is 0 Å². The molecule has 1 aliphatic rings. The van der Waals surface area contributed by atoms with E-state index in [9.17, 15) is 15.3 Å². The number of ether oxygens (including phenoxy) is 1. The highest BCUT2D eigenvalue weighted by Crippen LogP contribution is 2.38. The van der Waals surface area contributed by atoms with Gasteiger partial charge in [0.1, 0.15) is 23.0 Å². The lowest BCUT2D eigenvalue weighted by molar-refractivity contribution is -0.0785. The van der Waals surface area contributed by atoms with Gasteiger partial charge in [0.15, 0.2) is 5.44 Å². The van der Waals surface area contributed by atoms with E-state index in [0.29, 0.717) is 11.5 Å². The molecule has 2 aromatic carbocycles. The topological polar surface area (TPSA) is 82.8 Å². The number of benzene rings is 2. The summed E-state index contributed by atoms with van der Waals surface area (Å²) in [6, 6.07) is 15.5. The maximum Gasteiger partial charge on any atom is 0.173 e. The normalized spacial score (nSPS) is 26.7.